The lowest BCUT2D eigenvalue weighted by Gasteiger charge is -2.21. The van der Waals surface area contributed by atoms with Crippen molar-refractivity contribution in [3.63, 3.8) is 0 Å². The quantitative estimate of drug-likeness (QED) is 0.516. The predicted molar refractivity (Wildman–Crippen MR) is 115 cm³/mol. The molecule has 7 heteroatoms. The van der Waals surface area contributed by atoms with Crippen LogP contribution in [0.3, 0.4) is 0 Å². The molecule has 1 aromatic heterocycles. The van der Waals surface area contributed by atoms with Gasteiger partial charge in [-0.25, -0.2) is 4.68 Å². The van der Waals surface area contributed by atoms with Crippen LogP contribution in [0.2, 0.25) is 0 Å². The topological polar surface area (TPSA) is 95.6 Å². The maximum Gasteiger partial charge on any atom is 0.266 e. The number of nitrogens with zero attached hydrogens (tertiary/aromatic N) is 4. The van der Waals surface area contributed by atoms with E-state index in [1.54, 1.807) is 10.8 Å². The SMILES string of the molecule is Cc1cccc(C)c1NC(=O)C(C#N)=CC1=C(c2ccccc2)Nc2ncnn2C1. The van der Waals surface area contributed by atoms with Crippen molar-refractivity contribution in [2.24, 2.45) is 0 Å². The molecule has 1 aliphatic heterocycles. The minimum absolute atomic E-state index is 0.0199. The number of carbonyl (C=O) groups excluding carboxylic acids is 1. The van der Waals surface area contributed by atoms with E-state index in [0.29, 0.717) is 12.5 Å². The summed E-state index contributed by atoms with van der Waals surface area (Å²) in [7, 11) is 0. The minimum atomic E-state index is -0.445. The third kappa shape index (κ3) is 3.71. The highest BCUT2D eigenvalue weighted by atomic mass is 16.1. The first-order valence-corrected chi connectivity index (χ1v) is 9.49. The second kappa shape index (κ2) is 8.05. The van der Waals surface area contributed by atoms with Crippen LogP contribution >= 0.6 is 0 Å². The Labute approximate surface area is 174 Å². The molecule has 1 amide bonds. The molecule has 0 saturated heterocycles. The second-order valence-electron chi connectivity index (χ2n) is 7.02. The van der Waals surface area contributed by atoms with Crippen molar-refractivity contribution in [1.29, 1.82) is 5.26 Å². The zero-order chi connectivity index (χ0) is 21.1. The van der Waals surface area contributed by atoms with Gasteiger partial charge in [-0.15, -0.1) is 0 Å². The van der Waals surface area contributed by atoms with E-state index in [0.717, 1.165) is 33.6 Å². The zero-order valence-electron chi connectivity index (χ0n) is 16.7. The number of benzene rings is 2. The Balaban J connectivity index is 1.72. The fourth-order valence-corrected chi connectivity index (χ4v) is 3.40. The summed E-state index contributed by atoms with van der Waals surface area (Å²) in [5.41, 5.74) is 5.13. The van der Waals surface area contributed by atoms with E-state index in [-0.39, 0.29) is 5.57 Å². The summed E-state index contributed by atoms with van der Waals surface area (Å²) in [4.78, 5) is 17.1. The number of hydrogen-bond acceptors (Lipinski definition) is 5. The van der Waals surface area contributed by atoms with Crippen molar-refractivity contribution in [3.05, 3.63) is 88.8 Å². The largest absolute Gasteiger partial charge is 0.324 e. The molecular weight excluding hydrogens is 376 g/mol. The summed E-state index contributed by atoms with van der Waals surface area (Å²) >= 11 is 0. The molecule has 0 aliphatic carbocycles. The average Bonchev–Trinajstić information content (AvgIpc) is 3.22. The molecule has 2 aromatic carbocycles. The summed E-state index contributed by atoms with van der Waals surface area (Å²) in [5, 5.41) is 20.0. The van der Waals surface area contributed by atoms with E-state index in [9.17, 15) is 10.1 Å². The Morgan fingerprint density at radius 2 is 1.90 bits per heavy atom. The van der Waals surface area contributed by atoms with Gasteiger partial charge in [-0.1, -0.05) is 48.5 Å². The number of carbonyl (C=O) groups is 1. The number of allylic oxidation sites excluding steroid dienone is 2. The van der Waals surface area contributed by atoms with Gasteiger partial charge in [0.1, 0.15) is 18.0 Å². The lowest BCUT2D eigenvalue weighted by molar-refractivity contribution is -0.112. The third-order valence-electron chi connectivity index (χ3n) is 4.96. The maximum absolute atomic E-state index is 12.9. The van der Waals surface area contributed by atoms with Crippen molar-refractivity contribution in [2.45, 2.75) is 20.4 Å². The molecule has 2 heterocycles. The van der Waals surface area contributed by atoms with Crippen LogP contribution in [0.15, 0.2) is 72.1 Å². The molecule has 1 aliphatic rings. The highest BCUT2D eigenvalue weighted by Crippen LogP contribution is 2.28. The standard InChI is InChI=1S/C23H20N6O/c1-15-7-6-8-16(2)20(15)27-22(30)18(12-24)11-19-13-29-23(25-14-26-29)28-21(19)17-9-4-3-5-10-17/h3-11,14H,13H2,1-2H3,(H,27,30)(H,25,26,28). The van der Waals surface area contributed by atoms with Crippen LogP contribution < -0.4 is 10.6 Å². The molecular formula is C23H20N6O. The van der Waals surface area contributed by atoms with Crippen LogP contribution in [-0.4, -0.2) is 20.7 Å². The van der Waals surface area contributed by atoms with E-state index in [4.69, 9.17) is 0 Å². The molecule has 30 heavy (non-hydrogen) atoms. The maximum atomic E-state index is 12.9. The van der Waals surface area contributed by atoms with Crippen molar-refractivity contribution in [2.75, 3.05) is 10.6 Å². The number of anilines is 2. The molecule has 3 aromatic rings. The lowest BCUT2D eigenvalue weighted by Crippen LogP contribution is -2.20. The molecule has 0 atom stereocenters. The molecule has 7 nitrogen and oxygen atoms in total. The van der Waals surface area contributed by atoms with Gasteiger partial charge < -0.3 is 10.6 Å². The predicted octanol–water partition coefficient (Wildman–Crippen LogP) is 3.82. The van der Waals surface area contributed by atoms with E-state index < -0.39 is 5.91 Å². The molecule has 2 N–H and O–H groups in total. The number of rotatable bonds is 4. The normalized spacial score (nSPS) is 13.3. The Hall–Kier alpha value is -4.18. The average molecular weight is 396 g/mol. The van der Waals surface area contributed by atoms with Crippen LogP contribution in [-0.2, 0) is 11.3 Å². The first-order chi connectivity index (χ1) is 14.6. The van der Waals surface area contributed by atoms with Crippen LogP contribution in [0.25, 0.3) is 5.70 Å². The first-order valence-electron chi connectivity index (χ1n) is 9.49. The summed E-state index contributed by atoms with van der Waals surface area (Å²) in [6.45, 7) is 4.24. The van der Waals surface area contributed by atoms with Gasteiger partial charge in [-0.2, -0.15) is 15.3 Å². The second-order valence-corrected chi connectivity index (χ2v) is 7.02. The fraction of sp³-hybridized carbons (Fsp3) is 0.130. The molecule has 0 unspecified atom stereocenters. The smallest absolute Gasteiger partial charge is 0.266 e. The van der Waals surface area contributed by atoms with E-state index in [1.165, 1.54) is 6.33 Å². The molecule has 148 valence electrons. The molecule has 0 radical (unpaired) electrons. The summed E-state index contributed by atoms with van der Waals surface area (Å²) in [6.07, 6.45) is 3.08. The van der Waals surface area contributed by atoms with Crippen molar-refractivity contribution in [1.82, 2.24) is 14.8 Å². The van der Waals surface area contributed by atoms with Crippen molar-refractivity contribution >= 4 is 23.2 Å². The van der Waals surface area contributed by atoms with Crippen LogP contribution in [0.4, 0.5) is 11.6 Å². The number of nitrogens with one attached hydrogen (secondary N) is 2. The van der Waals surface area contributed by atoms with E-state index in [2.05, 4.69) is 20.7 Å². The highest BCUT2D eigenvalue weighted by Gasteiger charge is 2.21. The van der Waals surface area contributed by atoms with Gasteiger partial charge in [0.05, 0.1) is 12.2 Å². The van der Waals surface area contributed by atoms with Gasteiger partial charge in [0.15, 0.2) is 0 Å². The molecule has 0 fully saturated rings. The summed E-state index contributed by atoms with van der Waals surface area (Å²) in [6, 6.07) is 17.5. The third-order valence-corrected chi connectivity index (χ3v) is 4.96. The van der Waals surface area contributed by atoms with Gasteiger partial charge in [0.2, 0.25) is 5.95 Å². The van der Waals surface area contributed by atoms with Crippen molar-refractivity contribution < 1.29 is 4.79 Å². The lowest BCUT2D eigenvalue weighted by atomic mass is 10.0. The number of hydrogen-bond donors (Lipinski definition) is 2. The zero-order valence-corrected chi connectivity index (χ0v) is 16.7. The number of fused-ring (bicyclic) bond motifs is 1. The van der Waals surface area contributed by atoms with Crippen LogP contribution in [0.5, 0.6) is 0 Å². The Morgan fingerprint density at radius 1 is 1.17 bits per heavy atom. The fourth-order valence-electron chi connectivity index (χ4n) is 3.40. The van der Waals surface area contributed by atoms with Gasteiger partial charge in [-0.3, -0.25) is 4.79 Å². The van der Waals surface area contributed by atoms with Crippen LogP contribution in [0, 0.1) is 25.2 Å². The van der Waals surface area contributed by atoms with Gasteiger partial charge in [0, 0.05) is 5.69 Å². The van der Waals surface area contributed by atoms with Crippen molar-refractivity contribution in [3.8, 4) is 6.07 Å². The summed E-state index contributed by atoms with van der Waals surface area (Å²) in [5.74, 6) is 0.170. The number of nitriles is 1. The molecule has 4 rings (SSSR count). The minimum Gasteiger partial charge on any atom is -0.324 e. The van der Waals surface area contributed by atoms with Gasteiger partial charge in [0.25, 0.3) is 5.91 Å². The monoisotopic (exact) mass is 396 g/mol. The Kier molecular flexibility index (Phi) is 5.14. The number of aryl methyl sites for hydroxylation is 2. The van der Waals surface area contributed by atoms with E-state index in [1.807, 2.05) is 68.4 Å². The van der Waals surface area contributed by atoms with Crippen LogP contribution in [0.1, 0.15) is 16.7 Å². The molecule has 0 bridgehead atoms. The van der Waals surface area contributed by atoms with Gasteiger partial charge in [-0.05, 0) is 42.2 Å². The Morgan fingerprint density at radius 3 is 2.60 bits per heavy atom. The number of para-hydroxylation sites is 1. The number of amides is 1. The van der Waals surface area contributed by atoms with E-state index >= 15 is 0 Å². The number of aromatic nitrogens is 3. The van der Waals surface area contributed by atoms with Gasteiger partial charge >= 0.3 is 0 Å². The Bertz CT molecular complexity index is 1190. The molecule has 0 saturated carbocycles. The summed E-state index contributed by atoms with van der Waals surface area (Å²) < 4.78 is 1.69. The highest BCUT2D eigenvalue weighted by molar-refractivity contribution is 6.07. The first kappa shape index (κ1) is 19.2. The molecule has 0 spiro atoms.